The number of alkyl halides is 3. The van der Waals surface area contributed by atoms with Gasteiger partial charge in [0.2, 0.25) is 5.95 Å². The van der Waals surface area contributed by atoms with Crippen LogP contribution >= 0.6 is 0 Å². The van der Waals surface area contributed by atoms with E-state index in [0.29, 0.717) is 46.9 Å². The zero-order valence-corrected chi connectivity index (χ0v) is 21.1. The Morgan fingerprint density at radius 2 is 1.72 bits per heavy atom. The van der Waals surface area contributed by atoms with Crippen LogP contribution in [0.1, 0.15) is 44.1 Å². The standard InChI is InChI=1S/C27H28F3N7O2/c28-27(29,30)39-19-7-5-18(6-8-19)24-14-34-26(38-24)36-21-4-2-1-3-20(21)35-22-9-16-10-23(22)37(15-16)25-32-12-17(11-31)13-33-25/h5-8,12-14,16,20-23,35H,1-4,9-10,15H2,(H,34,36). The van der Waals surface area contributed by atoms with E-state index in [-0.39, 0.29) is 17.8 Å². The molecule has 0 amide bonds. The first-order valence-corrected chi connectivity index (χ1v) is 13.2. The molecule has 0 radical (unpaired) electrons. The molecule has 2 bridgehead atoms. The summed E-state index contributed by atoms with van der Waals surface area (Å²) in [7, 11) is 0. The lowest BCUT2D eigenvalue weighted by molar-refractivity contribution is -0.274. The third-order valence-electron chi connectivity index (χ3n) is 7.89. The molecule has 2 N–H and O–H groups in total. The Hall–Kier alpha value is -3.85. The predicted octanol–water partition coefficient (Wildman–Crippen LogP) is 4.88. The second-order valence-corrected chi connectivity index (χ2v) is 10.5. The highest BCUT2D eigenvalue weighted by Crippen LogP contribution is 2.40. The van der Waals surface area contributed by atoms with Crippen molar-refractivity contribution in [3.05, 3.63) is 48.4 Å². The summed E-state index contributed by atoms with van der Waals surface area (Å²) in [6.07, 6.45) is 6.45. The molecule has 0 spiro atoms. The average molecular weight is 540 g/mol. The number of oxazole rings is 1. The van der Waals surface area contributed by atoms with Gasteiger partial charge in [-0.1, -0.05) is 12.8 Å². The third kappa shape index (κ3) is 5.63. The fraction of sp³-hybridized carbons (Fsp3) is 0.481. The quantitative estimate of drug-likeness (QED) is 0.434. The zero-order chi connectivity index (χ0) is 27.0. The second-order valence-electron chi connectivity index (χ2n) is 10.5. The summed E-state index contributed by atoms with van der Waals surface area (Å²) in [6, 6.07) is 8.97. The minimum absolute atomic E-state index is 0.131. The topological polar surface area (TPSA) is 112 Å². The van der Waals surface area contributed by atoms with Crippen LogP contribution in [0.2, 0.25) is 0 Å². The van der Waals surface area contributed by atoms with E-state index in [1.54, 1.807) is 18.6 Å². The minimum Gasteiger partial charge on any atom is -0.424 e. The number of halogens is 3. The second kappa shape index (κ2) is 10.4. The molecule has 2 saturated carbocycles. The first-order valence-electron chi connectivity index (χ1n) is 13.2. The molecule has 3 fully saturated rings. The third-order valence-corrected chi connectivity index (χ3v) is 7.89. The van der Waals surface area contributed by atoms with Crippen molar-refractivity contribution in [3.8, 4) is 23.1 Å². The molecule has 1 aromatic carbocycles. The number of fused-ring (bicyclic) bond motifs is 2. The van der Waals surface area contributed by atoms with Crippen LogP contribution in [-0.2, 0) is 0 Å². The Bertz CT molecular complexity index is 1320. The minimum atomic E-state index is -4.73. The van der Waals surface area contributed by atoms with E-state index in [1.807, 2.05) is 0 Å². The van der Waals surface area contributed by atoms with Crippen LogP contribution in [0.4, 0.5) is 25.1 Å². The first-order chi connectivity index (χ1) is 18.8. The van der Waals surface area contributed by atoms with Gasteiger partial charge < -0.3 is 24.7 Å². The maximum atomic E-state index is 12.4. The van der Waals surface area contributed by atoms with Crippen molar-refractivity contribution in [2.75, 3.05) is 16.8 Å². The van der Waals surface area contributed by atoms with Gasteiger partial charge in [0.25, 0.3) is 6.01 Å². The van der Waals surface area contributed by atoms with Gasteiger partial charge in [-0.2, -0.15) is 5.26 Å². The molecule has 3 aromatic rings. The molecule has 3 aliphatic rings. The maximum Gasteiger partial charge on any atom is 0.573 e. The molecule has 12 heteroatoms. The largest absolute Gasteiger partial charge is 0.573 e. The number of hydrogen-bond acceptors (Lipinski definition) is 9. The Morgan fingerprint density at radius 3 is 2.41 bits per heavy atom. The number of rotatable bonds is 7. The van der Waals surface area contributed by atoms with Crippen molar-refractivity contribution >= 4 is 12.0 Å². The molecule has 2 aromatic heterocycles. The number of nitrogens with one attached hydrogen (secondary N) is 2. The molecular weight excluding hydrogens is 511 g/mol. The van der Waals surface area contributed by atoms with E-state index >= 15 is 0 Å². The van der Waals surface area contributed by atoms with Crippen LogP contribution < -0.4 is 20.3 Å². The number of aromatic nitrogens is 3. The lowest BCUT2D eigenvalue weighted by atomic mass is 9.89. The van der Waals surface area contributed by atoms with Crippen molar-refractivity contribution in [3.63, 3.8) is 0 Å². The summed E-state index contributed by atoms with van der Waals surface area (Å²) in [5, 5.41) is 16.4. The van der Waals surface area contributed by atoms with Gasteiger partial charge in [0.05, 0.1) is 24.2 Å². The van der Waals surface area contributed by atoms with Gasteiger partial charge in [-0.05, 0) is 55.9 Å². The average Bonchev–Trinajstić information content (AvgIpc) is 3.66. The molecule has 39 heavy (non-hydrogen) atoms. The molecule has 1 saturated heterocycles. The summed E-state index contributed by atoms with van der Waals surface area (Å²) < 4.78 is 47.2. The van der Waals surface area contributed by atoms with Crippen molar-refractivity contribution in [2.24, 2.45) is 5.92 Å². The molecular formula is C27H28F3N7O2. The van der Waals surface area contributed by atoms with Gasteiger partial charge in [0.1, 0.15) is 11.8 Å². The van der Waals surface area contributed by atoms with Gasteiger partial charge in [0.15, 0.2) is 5.76 Å². The van der Waals surface area contributed by atoms with E-state index in [1.165, 1.54) is 24.3 Å². The van der Waals surface area contributed by atoms with Crippen LogP contribution in [0.15, 0.2) is 47.3 Å². The number of hydrogen-bond donors (Lipinski definition) is 2. The van der Waals surface area contributed by atoms with Crippen LogP contribution in [0, 0.1) is 17.2 Å². The summed E-state index contributed by atoms with van der Waals surface area (Å²) >= 11 is 0. The smallest absolute Gasteiger partial charge is 0.424 e. The number of benzene rings is 1. The Kier molecular flexibility index (Phi) is 6.76. The molecule has 1 aliphatic heterocycles. The number of piperidine rings is 1. The van der Waals surface area contributed by atoms with Crippen molar-refractivity contribution in [1.82, 2.24) is 20.3 Å². The Balaban J connectivity index is 1.10. The number of nitriles is 1. The molecule has 204 valence electrons. The fourth-order valence-corrected chi connectivity index (χ4v) is 6.19. The fourth-order valence-electron chi connectivity index (χ4n) is 6.19. The van der Waals surface area contributed by atoms with E-state index < -0.39 is 6.36 Å². The van der Waals surface area contributed by atoms with Gasteiger partial charge in [-0.3, -0.25) is 0 Å². The van der Waals surface area contributed by atoms with Crippen molar-refractivity contribution < 1.29 is 22.3 Å². The molecule has 3 heterocycles. The summed E-state index contributed by atoms with van der Waals surface area (Å²) in [4.78, 5) is 15.5. The lowest BCUT2D eigenvalue weighted by Crippen LogP contribution is -2.56. The summed E-state index contributed by atoms with van der Waals surface area (Å²) in [5.41, 5.74) is 1.06. The summed E-state index contributed by atoms with van der Waals surface area (Å²) in [6.45, 7) is 0.934. The van der Waals surface area contributed by atoms with Crippen LogP contribution in [-0.4, -0.2) is 52.0 Å². The van der Waals surface area contributed by atoms with E-state index in [9.17, 15) is 13.2 Å². The molecule has 9 nitrogen and oxygen atoms in total. The monoisotopic (exact) mass is 539 g/mol. The van der Waals surface area contributed by atoms with E-state index in [0.717, 1.165) is 45.1 Å². The SMILES string of the molecule is N#Cc1cnc(N2CC3CC(NC4CCCCC4Nc4ncc(-c5ccc(OC(F)(F)F)cc5)o4)C2C3)nc1. The highest BCUT2D eigenvalue weighted by Gasteiger charge is 2.47. The lowest BCUT2D eigenvalue weighted by Gasteiger charge is -2.39. The normalized spacial score (nSPS) is 26.4. The van der Waals surface area contributed by atoms with Gasteiger partial charge >= 0.3 is 6.36 Å². The molecule has 5 unspecified atom stereocenters. The van der Waals surface area contributed by atoms with Crippen molar-refractivity contribution in [2.45, 2.75) is 69.1 Å². The van der Waals surface area contributed by atoms with Crippen molar-refractivity contribution in [1.29, 1.82) is 5.26 Å². The van der Waals surface area contributed by atoms with Crippen LogP contribution in [0.25, 0.3) is 11.3 Å². The number of anilines is 2. The van der Waals surface area contributed by atoms with Gasteiger partial charge in [-0.15, -0.1) is 13.2 Å². The molecule has 6 rings (SSSR count). The van der Waals surface area contributed by atoms with E-state index in [2.05, 4.69) is 41.3 Å². The Morgan fingerprint density at radius 1 is 0.974 bits per heavy atom. The van der Waals surface area contributed by atoms with E-state index in [4.69, 9.17) is 9.68 Å². The van der Waals surface area contributed by atoms with Gasteiger partial charge in [0, 0.05) is 36.3 Å². The number of ether oxygens (including phenoxy) is 1. The highest BCUT2D eigenvalue weighted by atomic mass is 19.4. The predicted molar refractivity (Wildman–Crippen MR) is 136 cm³/mol. The molecule has 2 aliphatic carbocycles. The van der Waals surface area contributed by atoms with Gasteiger partial charge in [-0.25, -0.2) is 15.0 Å². The Labute approximate surface area is 223 Å². The van der Waals surface area contributed by atoms with Crippen LogP contribution in [0.5, 0.6) is 5.75 Å². The highest BCUT2D eigenvalue weighted by molar-refractivity contribution is 5.58. The number of nitrogens with zero attached hydrogens (tertiary/aromatic N) is 5. The maximum absolute atomic E-state index is 12.4. The van der Waals surface area contributed by atoms with Crippen LogP contribution in [0.3, 0.4) is 0 Å². The molecule has 5 atom stereocenters. The summed E-state index contributed by atoms with van der Waals surface area (Å²) in [5.74, 6) is 1.44. The first kappa shape index (κ1) is 25.4. The zero-order valence-electron chi connectivity index (χ0n) is 21.1.